The molecular formula is C13H17N3O. The first kappa shape index (κ1) is 11.8. The van der Waals surface area contributed by atoms with Crippen molar-refractivity contribution in [1.29, 1.82) is 0 Å². The van der Waals surface area contributed by atoms with Crippen LogP contribution in [-0.2, 0) is 12.5 Å². The fourth-order valence-electron chi connectivity index (χ4n) is 2.05. The average molecular weight is 231 g/mol. The third kappa shape index (κ3) is 1.84. The standard InChI is InChI=1S/C13H17N3O/c1-8-14-11(13(2,3)4)10-9(7-17)6-16(5)12(10)15-8/h6-7H,1-5H3. The van der Waals surface area contributed by atoms with Crippen molar-refractivity contribution >= 4 is 17.3 Å². The maximum Gasteiger partial charge on any atom is 0.152 e. The van der Waals surface area contributed by atoms with E-state index in [2.05, 4.69) is 30.7 Å². The summed E-state index contributed by atoms with van der Waals surface area (Å²) in [6, 6.07) is 0. The van der Waals surface area contributed by atoms with Crippen LogP contribution in [0.25, 0.3) is 11.0 Å². The first-order valence-corrected chi connectivity index (χ1v) is 5.64. The molecule has 2 rings (SSSR count). The lowest BCUT2D eigenvalue weighted by Crippen LogP contribution is -2.16. The van der Waals surface area contributed by atoms with Gasteiger partial charge in [-0.2, -0.15) is 0 Å². The van der Waals surface area contributed by atoms with Gasteiger partial charge in [-0.15, -0.1) is 0 Å². The molecule has 0 aromatic carbocycles. The van der Waals surface area contributed by atoms with E-state index in [1.54, 1.807) is 6.20 Å². The molecule has 0 fully saturated rings. The van der Waals surface area contributed by atoms with E-state index in [4.69, 9.17) is 0 Å². The van der Waals surface area contributed by atoms with E-state index in [0.29, 0.717) is 5.56 Å². The number of fused-ring (bicyclic) bond motifs is 1. The van der Waals surface area contributed by atoms with Gasteiger partial charge in [-0.3, -0.25) is 4.79 Å². The van der Waals surface area contributed by atoms with Crippen molar-refractivity contribution in [2.75, 3.05) is 0 Å². The molecule has 0 radical (unpaired) electrons. The molecule has 4 heteroatoms. The second-order valence-electron chi connectivity index (χ2n) is 5.38. The monoisotopic (exact) mass is 231 g/mol. The number of aryl methyl sites for hydroxylation is 2. The lowest BCUT2D eigenvalue weighted by Gasteiger charge is -2.19. The van der Waals surface area contributed by atoms with Crippen LogP contribution in [0.4, 0.5) is 0 Å². The molecule has 0 N–H and O–H groups in total. The first-order valence-electron chi connectivity index (χ1n) is 5.64. The third-order valence-corrected chi connectivity index (χ3v) is 2.79. The number of nitrogens with zero attached hydrogens (tertiary/aromatic N) is 3. The fraction of sp³-hybridized carbons (Fsp3) is 0.462. The normalized spacial score (nSPS) is 12.1. The summed E-state index contributed by atoms with van der Waals surface area (Å²) in [5.41, 5.74) is 2.31. The number of carbonyl (C=O) groups excluding carboxylic acids is 1. The maximum atomic E-state index is 11.1. The molecule has 90 valence electrons. The van der Waals surface area contributed by atoms with E-state index in [1.807, 2.05) is 18.5 Å². The smallest absolute Gasteiger partial charge is 0.152 e. The zero-order chi connectivity index (χ0) is 12.8. The van der Waals surface area contributed by atoms with Crippen LogP contribution in [0.1, 0.15) is 42.6 Å². The van der Waals surface area contributed by atoms with Gasteiger partial charge in [-0.05, 0) is 6.92 Å². The Labute approximate surface area is 101 Å². The van der Waals surface area contributed by atoms with Crippen LogP contribution < -0.4 is 0 Å². The molecule has 4 nitrogen and oxygen atoms in total. The Morgan fingerprint density at radius 1 is 1.29 bits per heavy atom. The minimum Gasteiger partial charge on any atom is -0.335 e. The molecule has 0 saturated carbocycles. The van der Waals surface area contributed by atoms with E-state index < -0.39 is 0 Å². The molecule has 0 amide bonds. The molecule has 17 heavy (non-hydrogen) atoms. The topological polar surface area (TPSA) is 47.8 Å². The van der Waals surface area contributed by atoms with Gasteiger partial charge in [0.2, 0.25) is 0 Å². The summed E-state index contributed by atoms with van der Waals surface area (Å²) in [5, 5.41) is 0.876. The molecule has 2 aromatic rings. The molecule has 0 spiro atoms. The van der Waals surface area contributed by atoms with Crippen LogP contribution in [0.3, 0.4) is 0 Å². The molecule has 0 aliphatic rings. The van der Waals surface area contributed by atoms with E-state index in [1.165, 1.54) is 0 Å². The highest BCUT2D eigenvalue weighted by molar-refractivity contribution is 5.97. The number of aromatic nitrogens is 3. The highest BCUT2D eigenvalue weighted by Crippen LogP contribution is 2.30. The Kier molecular flexibility index (Phi) is 2.53. The Bertz CT molecular complexity index is 591. The highest BCUT2D eigenvalue weighted by Gasteiger charge is 2.23. The van der Waals surface area contributed by atoms with Crippen LogP contribution in [0.5, 0.6) is 0 Å². The Morgan fingerprint density at radius 2 is 1.94 bits per heavy atom. The minimum absolute atomic E-state index is 0.106. The first-order chi connectivity index (χ1) is 7.84. The summed E-state index contributed by atoms with van der Waals surface area (Å²) in [5.74, 6) is 0.737. The van der Waals surface area contributed by atoms with Crippen molar-refractivity contribution < 1.29 is 4.79 Å². The van der Waals surface area contributed by atoms with Crippen LogP contribution in [-0.4, -0.2) is 20.8 Å². The molecule has 0 bridgehead atoms. The summed E-state index contributed by atoms with van der Waals surface area (Å²) in [4.78, 5) is 20.1. The number of hydrogen-bond donors (Lipinski definition) is 0. The van der Waals surface area contributed by atoms with Crippen molar-refractivity contribution in [2.24, 2.45) is 7.05 Å². The van der Waals surface area contributed by atoms with Crippen LogP contribution in [0.2, 0.25) is 0 Å². The molecular weight excluding hydrogens is 214 g/mol. The number of hydrogen-bond acceptors (Lipinski definition) is 3. The summed E-state index contributed by atoms with van der Waals surface area (Å²) in [7, 11) is 1.90. The average Bonchev–Trinajstić information content (AvgIpc) is 2.53. The van der Waals surface area contributed by atoms with Gasteiger partial charge in [-0.1, -0.05) is 20.8 Å². The summed E-state index contributed by atoms with van der Waals surface area (Å²) in [6.07, 6.45) is 2.68. The highest BCUT2D eigenvalue weighted by atomic mass is 16.1. The zero-order valence-corrected chi connectivity index (χ0v) is 10.9. The largest absolute Gasteiger partial charge is 0.335 e. The maximum absolute atomic E-state index is 11.1. The van der Waals surface area contributed by atoms with Gasteiger partial charge in [0.15, 0.2) is 6.29 Å². The van der Waals surface area contributed by atoms with Crippen molar-refractivity contribution in [3.05, 3.63) is 23.3 Å². The Morgan fingerprint density at radius 3 is 2.47 bits per heavy atom. The van der Waals surface area contributed by atoms with Crippen molar-refractivity contribution in [3.8, 4) is 0 Å². The van der Waals surface area contributed by atoms with Gasteiger partial charge < -0.3 is 4.57 Å². The third-order valence-electron chi connectivity index (χ3n) is 2.79. The van der Waals surface area contributed by atoms with Crippen LogP contribution >= 0.6 is 0 Å². The minimum atomic E-state index is -0.106. The summed E-state index contributed by atoms with van der Waals surface area (Å²) in [6.45, 7) is 8.16. The fourth-order valence-corrected chi connectivity index (χ4v) is 2.05. The van der Waals surface area contributed by atoms with Crippen molar-refractivity contribution in [1.82, 2.24) is 14.5 Å². The van der Waals surface area contributed by atoms with E-state index in [9.17, 15) is 4.79 Å². The summed E-state index contributed by atoms with van der Waals surface area (Å²) >= 11 is 0. The molecule has 2 aromatic heterocycles. The van der Waals surface area contributed by atoms with Crippen molar-refractivity contribution in [3.63, 3.8) is 0 Å². The van der Waals surface area contributed by atoms with Gasteiger partial charge in [0.05, 0.1) is 11.1 Å². The van der Waals surface area contributed by atoms with E-state index in [0.717, 1.165) is 28.8 Å². The molecule has 0 saturated heterocycles. The van der Waals surface area contributed by atoms with Gasteiger partial charge in [-0.25, -0.2) is 9.97 Å². The SMILES string of the molecule is Cc1nc(C(C)(C)C)c2c(C=O)cn(C)c2n1. The van der Waals surface area contributed by atoms with E-state index >= 15 is 0 Å². The lowest BCUT2D eigenvalue weighted by molar-refractivity contribution is 0.112. The van der Waals surface area contributed by atoms with Crippen molar-refractivity contribution in [2.45, 2.75) is 33.1 Å². The quantitative estimate of drug-likeness (QED) is 0.708. The number of rotatable bonds is 1. The van der Waals surface area contributed by atoms with Gasteiger partial charge in [0, 0.05) is 24.2 Å². The predicted molar refractivity (Wildman–Crippen MR) is 67.3 cm³/mol. The van der Waals surface area contributed by atoms with Gasteiger partial charge >= 0.3 is 0 Å². The molecule has 0 unspecified atom stereocenters. The molecule has 0 aliphatic heterocycles. The lowest BCUT2D eigenvalue weighted by atomic mass is 9.89. The molecule has 0 aliphatic carbocycles. The van der Waals surface area contributed by atoms with Crippen LogP contribution in [0, 0.1) is 6.92 Å². The zero-order valence-electron chi connectivity index (χ0n) is 10.9. The second kappa shape index (κ2) is 3.65. The van der Waals surface area contributed by atoms with Crippen LogP contribution in [0.15, 0.2) is 6.20 Å². The molecule has 0 atom stereocenters. The number of carbonyl (C=O) groups is 1. The summed E-state index contributed by atoms with van der Waals surface area (Å²) < 4.78 is 1.88. The molecule has 2 heterocycles. The van der Waals surface area contributed by atoms with Gasteiger partial charge in [0.1, 0.15) is 11.5 Å². The predicted octanol–water partition coefficient (Wildman–Crippen LogP) is 2.39. The Hall–Kier alpha value is -1.71. The number of aldehydes is 1. The Balaban J connectivity index is 2.95. The van der Waals surface area contributed by atoms with E-state index in [-0.39, 0.29) is 5.41 Å². The van der Waals surface area contributed by atoms with Gasteiger partial charge in [0.25, 0.3) is 0 Å². The second-order valence-corrected chi connectivity index (χ2v) is 5.38.